The molecule has 0 N–H and O–H groups in total. The standard InChI is InChI=1S/C36H38BrNO3/c1-35-29-17-8-10-19-31(29)36(2,32-20-11-9-18-30(32)35)41-38(35)34(39)23-22-27-15-6-7-16-28(27)33(37)21-12-24-40-25-26-13-4-3-5-14-26/h3-5,8-14,17-21,27H,6-7,15-16,22-25H2,1-2H3/b21-12+,33-28-. The van der Waals surface area contributed by atoms with Gasteiger partial charge in [0.2, 0.25) is 5.91 Å². The fraction of sp³-hybridized carbons (Fsp3) is 0.361. The number of nitrogens with zero attached hydrogens (tertiary/aromatic N) is 1. The van der Waals surface area contributed by atoms with Crippen LogP contribution < -0.4 is 0 Å². The molecule has 1 atom stereocenters. The van der Waals surface area contributed by atoms with E-state index in [1.54, 1.807) is 5.06 Å². The molecule has 2 bridgehead atoms. The summed E-state index contributed by atoms with van der Waals surface area (Å²) in [6, 6.07) is 27.1. The molecule has 4 nitrogen and oxygen atoms in total. The summed E-state index contributed by atoms with van der Waals surface area (Å²) in [5.41, 5.74) is 5.85. The number of hydrogen-bond acceptors (Lipinski definition) is 3. The minimum atomic E-state index is -0.688. The number of amides is 1. The van der Waals surface area contributed by atoms with Crippen molar-refractivity contribution in [1.82, 2.24) is 5.06 Å². The monoisotopic (exact) mass is 611 g/mol. The molecule has 0 radical (unpaired) electrons. The van der Waals surface area contributed by atoms with Crippen molar-refractivity contribution in [3.05, 3.63) is 129 Å². The van der Waals surface area contributed by atoms with Crippen LogP contribution >= 0.6 is 15.9 Å². The number of carbonyl (C=O) groups is 1. The molecule has 2 heterocycles. The van der Waals surface area contributed by atoms with Crippen LogP contribution in [0, 0.1) is 5.92 Å². The van der Waals surface area contributed by atoms with Crippen LogP contribution in [0.5, 0.6) is 0 Å². The van der Waals surface area contributed by atoms with Gasteiger partial charge in [-0.1, -0.05) is 113 Å². The Morgan fingerprint density at radius 3 is 2.27 bits per heavy atom. The van der Waals surface area contributed by atoms with Gasteiger partial charge < -0.3 is 4.74 Å². The first-order chi connectivity index (χ1) is 19.9. The third-order valence-electron chi connectivity index (χ3n) is 9.18. The quantitative estimate of drug-likeness (QED) is 0.239. The van der Waals surface area contributed by atoms with E-state index in [1.807, 2.05) is 18.2 Å². The predicted molar refractivity (Wildman–Crippen MR) is 166 cm³/mol. The summed E-state index contributed by atoms with van der Waals surface area (Å²) >= 11 is 3.86. The first-order valence-electron chi connectivity index (χ1n) is 14.8. The lowest BCUT2D eigenvalue weighted by molar-refractivity contribution is -0.282. The van der Waals surface area contributed by atoms with Crippen LogP contribution in [-0.2, 0) is 32.1 Å². The highest BCUT2D eigenvalue weighted by Crippen LogP contribution is 2.57. The number of hydroxylamine groups is 2. The predicted octanol–water partition coefficient (Wildman–Crippen LogP) is 8.69. The Hall–Kier alpha value is -2.99. The summed E-state index contributed by atoms with van der Waals surface area (Å²) in [4.78, 5) is 20.6. The minimum absolute atomic E-state index is 0.0497. The van der Waals surface area contributed by atoms with E-state index in [0.717, 1.165) is 46.0 Å². The van der Waals surface area contributed by atoms with Crippen molar-refractivity contribution in [2.45, 2.75) is 70.1 Å². The van der Waals surface area contributed by atoms with Crippen LogP contribution in [0.3, 0.4) is 0 Å². The van der Waals surface area contributed by atoms with Crippen molar-refractivity contribution >= 4 is 21.8 Å². The second-order valence-corrected chi connectivity index (χ2v) is 12.6. The molecule has 2 aliphatic heterocycles. The van der Waals surface area contributed by atoms with Crippen LogP contribution in [0.4, 0.5) is 0 Å². The second-order valence-electron chi connectivity index (χ2n) is 11.7. The van der Waals surface area contributed by atoms with Crippen molar-refractivity contribution in [2.75, 3.05) is 6.61 Å². The van der Waals surface area contributed by atoms with Gasteiger partial charge in [-0.2, -0.15) is 0 Å². The Balaban J connectivity index is 1.15. The van der Waals surface area contributed by atoms with Gasteiger partial charge in [-0.15, -0.1) is 0 Å². The second kappa shape index (κ2) is 11.7. The lowest BCUT2D eigenvalue weighted by Gasteiger charge is -2.57. The SMILES string of the molecule is CC12ON(C(=O)CCC3CCCC/C3=C(Br)\C=C\COCc3ccccc3)C(C)(c3ccccc31)c1ccccc12. The first-order valence-corrected chi connectivity index (χ1v) is 15.6. The Labute approximate surface area is 252 Å². The molecule has 0 aromatic heterocycles. The molecular weight excluding hydrogens is 574 g/mol. The highest BCUT2D eigenvalue weighted by Gasteiger charge is 2.58. The van der Waals surface area contributed by atoms with E-state index in [1.165, 1.54) is 24.0 Å². The molecule has 5 heteroatoms. The van der Waals surface area contributed by atoms with Crippen molar-refractivity contribution < 1.29 is 14.4 Å². The molecule has 3 aromatic rings. The summed E-state index contributed by atoms with van der Waals surface area (Å²) in [6.07, 6.45) is 10.0. The van der Waals surface area contributed by atoms with Gasteiger partial charge in [0.05, 0.1) is 13.2 Å². The molecule has 212 valence electrons. The molecule has 1 amide bonds. The molecule has 1 fully saturated rings. The molecule has 7 rings (SSSR count). The molecule has 0 saturated heterocycles. The number of allylic oxidation sites excluding steroid dienone is 3. The van der Waals surface area contributed by atoms with E-state index < -0.39 is 11.1 Å². The molecule has 0 spiro atoms. The summed E-state index contributed by atoms with van der Waals surface area (Å²) in [7, 11) is 0. The van der Waals surface area contributed by atoms with Gasteiger partial charge in [-0.3, -0.25) is 9.63 Å². The topological polar surface area (TPSA) is 38.8 Å². The van der Waals surface area contributed by atoms with Crippen molar-refractivity contribution in [1.29, 1.82) is 0 Å². The Morgan fingerprint density at radius 1 is 0.951 bits per heavy atom. The number of halogens is 1. The van der Waals surface area contributed by atoms with Gasteiger partial charge in [0.15, 0.2) is 0 Å². The summed E-state index contributed by atoms with van der Waals surface area (Å²) < 4.78 is 6.96. The molecule has 1 unspecified atom stereocenters. The number of hydrogen-bond donors (Lipinski definition) is 0. The van der Waals surface area contributed by atoms with Crippen LogP contribution in [0.1, 0.15) is 80.2 Å². The van der Waals surface area contributed by atoms with E-state index in [-0.39, 0.29) is 5.91 Å². The van der Waals surface area contributed by atoms with Gasteiger partial charge >= 0.3 is 0 Å². The van der Waals surface area contributed by atoms with Crippen LogP contribution in [0.2, 0.25) is 0 Å². The zero-order chi connectivity index (χ0) is 28.5. The molecule has 1 saturated carbocycles. The van der Waals surface area contributed by atoms with Gasteiger partial charge in [-0.05, 0) is 79.3 Å². The number of benzene rings is 3. The van der Waals surface area contributed by atoms with Crippen LogP contribution in [0.15, 0.2) is 101 Å². The fourth-order valence-electron chi connectivity index (χ4n) is 7.02. The number of fused-ring (bicyclic) bond motifs is 1. The van der Waals surface area contributed by atoms with E-state index in [4.69, 9.17) is 9.57 Å². The molecule has 2 aliphatic carbocycles. The van der Waals surface area contributed by atoms with E-state index in [9.17, 15) is 4.79 Å². The average Bonchev–Trinajstić information content (AvgIpc) is 3.01. The normalized spacial score (nSPS) is 26.1. The van der Waals surface area contributed by atoms with Gasteiger partial charge in [0, 0.05) is 10.9 Å². The zero-order valence-electron chi connectivity index (χ0n) is 23.9. The smallest absolute Gasteiger partial charge is 0.247 e. The van der Waals surface area contributed by atoms with Gasteiger partial charge in [-0.25, -0.2) is 5.06 Å². The first kappa shape index (κ1) is 28.1. The highest BCUT2D eigenvalue weighted by molar-refractivity contribution is 9.11. The van der Waals surface area contributed by atoms with Crippen molar-refractivity contribution in [2.24, 2.45) is 5.92 Å². The number of carbonyl (C=O) groups excluding carboxylic acids is 1. The largest absolute Gasteiger partial charge is 0.373 e. The maximum Gasteiger partial charge on any atom is 0.247 e. The third-order valence-corrected chi connectivity index (χ3v) is 9.96. The van der Waals surface area contributed by atoms with E-state index in [2.05, 4.69) is 103 Å². The summed E-state index contributed by atoms with van der Waals surface area (Å²) in [5.74, 6) is 0.426. The summed E-state index contributed by atoms with van der Waals surface area (Å²) in [6.45, 7) is 5.40. The lowest BCUT2D eigenvalue weighted by Crippen LogP contribution is -2.61. The minimum Gasteiger partial charge on any atom is -0.373 e. The Morgan fingerprint density at radius 2 is 1.59 bits per heavy atom. The van der Waals surface area contributed by atoms with Crippen molar-refractivity contribution in [3.63, 3.8) is 0 Å². The summed E-state index contributed by atoms with van der Waals surface area (Å²) in [5, 5.41) is 1.70. The van der Waals surface area contributed by atoms with Gasteiger partial charge in [0.1, 0.15) is 11.1 Å². The molecule has 4 aliphatic rings. The highest BCUT2D eigenvalue weighted by atomic mass is 79.9. The van der Waals surface area contributed by atoms with Gasteiger partial charge in [0.25, 0.3) is 0 Å². The Kier molecular flexibility index (Phi) is 8.04. The molecule has 3 aromatic carbocycles. The maximum absolute atomic E-state index is 14.0. The number of ether oxygens (including phenoxy) is 1. The molecular formula is C36H38BrNO3. The Bertz CT molecular complexity index is 1430. The fourth-order valence-corrected chi connectivity index (χ4v) is 7.73. The third kappa shape index (κ3) is 5.13. The number of rotatable bonds is 8. The van der Waals surface area contributed by atoms with E-state index >= 15 is 0 Å². The van der Waals surface area contributed by atoms with Crippen LogP contribution in [0.25, 0.3) is 0 Å². The molecule has 41 heavy (non-hydrogen) atoms. The van der Waals surface area contributed by atoms with Crippen molar-refractivity contribution in [3.8, 4) is 0 Å². The van der Waals surface area contributed by atoms with E-state index in [0.29, 0.717) is 25.6 Å². The maximum atomic E-state index is 14.0. The average molecular weight is 613 g/mol. The zero-order valence-corrected chi connectivity index (χ0v) is 25.5. The lowest BCUT2D eigenvalue weighted by atomic mass is 9.65. The van der Waals surface area contributed by atoms with Crippen LogP contribution in [-0.4, -0.2) is 17.6 Å².